The van der Waals surface area contributed by atoms with Crippen molar-refractivity contribution in [2.45, 2.75) is 20.5 Å². The third-order valence-corrected chi connectivity index (χ3v) is 6.30. The van der Waals surface area contributed by atoms with Gasteiger partial charge in [0.15, 0.2) is 5.17 Å². The summed E-state index contributed by atoms with van der Waals surface area (Å²) in [4.78, 5) is 30.7. The van der Waals surface area contributed by atoms with Gasteiger partial charge in [0.25, 0.3) is 5.91 Å². The van der Waals surface area contributed by atoms with Gasteiger partial charge in [-0.3, -0.25) is 9.69 Å². The van der Waals surface area contributed by atoms with Crippen LogP contribution in [0.1, 0.15) is 32.6 Å². The first-order valence-electron chi connectivity index (χ1n) is 10.7. The molecule has 0 radical (unpaired) electrons. The molecule has 6 nitrogen and oxygen atoms in total. The van der Waals surface area contributed by atoms with Gasteiger partial charge in [-0.05, 0) is 78.7 Å². The van der Waals surface area contributed by atoms with Crippen molar-refractivity contribution in [1.29, 1.82) is 0 Å². The Labute approximate surface area is 202 Å². The predicted molar refractivity (Wildman–Crippen MR) is 136 cm³/mol. The molecule has 1 amide bonds. The molecule has 0 bridgehead atoms. The van der Waals surface area contributed by atoms with Crippen molar-refractivity contribution in [3.63, 3.8) is 0 Å². The molecule has 0 saturated carbocycles. The Morgan fingerprint density at radius 2 is 1.74 bits per heavy atom. The second-order valence-corrected chi connectivity index (χ2v) is 9.05. The van der Waals surface area contributed by atoms with Gasteiger partial charge in [0.2, 0.25) is 0 Å². The van der Waals surface area contributed by atoms with Crippen LogP contribution in [0.2, 0.25) is 0 Å². The topological polar surface area (TPSA) is 79.2 Å². The van der Waals surface area contributed by atoms with E-state index in [4.69, 9.17) is 14.8 Å². The molecule has 4 rings (SSSR count). The summed E-state index contributed by atoms with van der Waals surface area (Å²) in [5.41, 5.74) is 4.92. The average Bonchev–Trinajstić information content (AvgIpc) is 3.05. The number of hydrogen-bond donors (Lipinski definition) is 1. The van der Waals surface area contributed by atoms with Crippen LogP contribution < -0.4 is 4.74 Å². The molecule has 0 atom stereocenters. The van der Waals surface area contributed by atoms with E-state index in [0.29, 0.717) is 15.8 Å². The van der Waals surface area contributed by atoms with E-state index in [9.17, 15) is 9.59 Å². The number of amides is 1. The van der Waals surface area contributed by atoms with Crippen molar-refractivity contribution in [2.24, 2.45) is 4.99 Å². The monoisotopic (exact) mass is 472 g/mol. The standard InChI is InChI=1S/C27H24N2O4S/c1-17-12-18(2)14-22(13-17)28-27-29(3)25(30)24(34-27)15-21-6-4-5-7-23(21)33-16-19-8-10-20(11-9-19)26(31)32/h4-15H,16H2,1-3H3,(H,31,32)/b24-15-,28-27?. The molecule has 3 aromatic rings. The highest BCUT2D eigenvalue weighted by atomic mass is 32.2. The quantitative estimate of drug-likeness (QED) is 0.458. The van der Waals surface area contributed by atoms with Gasteiger partial charge in [-0.2, -0.15) is 0 Å². The fraction of sp³-hybridized carbons (Fsp3) is 0.148. The molecule has 1 aliphatic rings. The van der Waals surface area contributed by atoms with E-state index < -0.39 is 5.97 Å². The summed E-state index contributed by atoms with van der Waals surface area (Å²) in [6, 6.07) is 20.1. The van der Waals surface area contributed by atoms with Crippen molar-refractivity contribution in [1.82, 2.24) is 4.90 Å². The van der Waals surface area contributed by atoms with Crippen LogP contribution in [0.5, 0.6) is 5.75 Å². The van der Waals surface area contributed by atoms with Crippen molar-refractivity contribution >= 4 is 40.6 Å². The Morgan fingerprint density at radius 1 is 1.06 bits per heavy atom. The Bertz CT molecular complexity index is 1290. The second-order valence-electron chi connectivity index (χ2n) is 8.04. The molecule has 1 aliphatic heterocycles. The molecular weight excluding hydrogens is 448 g/mol. The number of amidine groups is 1. The van der Waals surface area contributed by atoms with Crippen LogP contribution in [0.15, 0.2) is 76.6 Å². The number of hydrogen-bond acceptors (Lipinski definition) is 5. The predicted octanol–water partition coefficient (Wildman–Crippen LogP) is 5.81. The highest BCUT2D eigenvalue weighted by Crippen LogP contribution is 2.35. The minimum absolute atomic E-state index is 0.118. The summed E-state index contributed by atoms with van der Waals surface area (Å²) in [6.07, 6.45) is 1.82. The largest absolute Gasteiger partial charge is 0.488 e. The third kappa shape index (κ3) is 5.38. The number of aliphatic imine (C=N–C) groups is 1. The van der Waals surface area contributed by atoms with E-state index in [0.717, 1.165) is 27.9 Å². The van der Waals surface area contributed by atoms with Gasteiger partial charge in [-0.15, -0.1) is 0 Å². The molecule has 1 N–H and O–H groups in total. The van der Waals surface area contributed by atoms with E-state index in [1.165, 1.54) is 11.8 Å². The van der Waals surface area contributed by atoms with Gasteiger partial charge in [-0.25, -0.2) is 9.79 Å². The number of ether oxygens (including phenoxy) is 1. The van der Waals surface area contributed by atoms with Gasteiger partial charge >= 0.3 is 5.97 Å². The molecule has 0 aromatic heterocycles. The van der Waals surface area contributed by atoms with Crippen LogP contribution in [-0.2, 0) is 11.4 Å². The fourth-order valence-corrected chi connectivity index (χ4v) is 4.53. The SMILES string of the molecule is Cc1cc(C)cc(N=C2S/C(=C\c3ccccc3OCc3ccc(C(=O)O)cc3)C(=O)N2C)c1. The maximum Gasteiger partial charge on any atom is 0.335 e. The molecule has 0 unspecified atom stereocenters. The van der Waals surface area contributed by atoms with Crippen LogP contribution in [0, 0.1) is 13.8 Å². The molecule has 0 spiro atoms. The Kier molecular flexibility index (Phi) is 6.84. The molecule has 1 saturated heterocycles. The van der Waals surface area contributed by atoms with Gasteiger partial charge in [0, 0.05) is 12.6 Å². The molecule has 1 heterocycles. The number of para-hydroxylation sites is 1. The van der Waals surface area contributed by atoms with Crippen LogP contribution in [0.25, 0.3) is 6.08 Å². The number of benzene rings is 3. The number of rotatable bonds is 6. The van der Waals surface area contributed by atoms with Crippen LogP contribution in [0.4, 0.5) is 5.69 Å². The summed E-state index contributed by atoms with van der Waals surface area (Å²) in [5, 5.41) is 9.67. The van der Waals surface area contributed by atoms with E-state index in [1.807, 2.05) is 56.3 Å². The molecular formula is C27H24N2O4S. The second kappa shape index (κ2) is 9.97. The van der Waals surface area contributed by atoms with E-state index in [1.54, 1.807) is 36.2 Å². The zero-order valence-electron chi connectivity index (χ0n) is 19.1. The number of aryl methyl sites for hydroxylation is 2. The van der Waals surface area contributed by atoms with Gasteiger partial charge in [0.05, 0.1) is 16.2 Å². The number of carboxylic acid groups (broad SMARTS) is 1. The average molecular weight is 473 g/mol. The zero-order chi connectivity index (χ0) is 24.2. The number of aromatic carboxylic acids is 1. The van der Waals surface area contributed by atoms with Gasteiger partial charge < -0.3 is 9.84 Å². The number of carboxylic acids is 1. The minimum atomic E-state index is -0.964. The lowest BCUT2D eigenvalue weighted by Crippen LogP contribution is -2.23. The summed E-state index contributed by atoms with van der Waals surface area (Å²) < 4.78 is 5.99. The highest BCUT2D eigenvalue weighted by molar-refractivity contribution is 8.18. The van der Waals surface area contributed by atoms with Crippen molar-refractivity contribution in [3.8, 4) is 5.75 Å². The number of carbonyl (C=O) groups is 2. The molecule has 1 fully saturated rings. The van der Waals surface area contributed by atoms with Crippen molar-refractivity contribution in [3.05, 3.63) is 99.5 Å². The zero-order valence-corrected chi connectivity index (χ0v) is 19.9. The van der Waals surface area contributed by atoms with Crippen LogP contribution in [0.3, 0.4) is 0 Å². The number of nitrogens with zero attached hydrogens (tertiary/aromatic N) is 2. The van der Waals surface area contributed by atoms with Crippen molar-refractivity contribution < 1.29 is 19.4 Å². The smallest absolute Gasteiger partial charge is 0.335 e. The number of carbonyl (C=O) groups excluding carboxylic acids is 1. The molecule has 0 aliphatic carbocycles. The summed E-state index contributed by atoms with van der Waals surface area (Å²) >= 11 is 1.33. The maximum absolute atomic E-state index is 12.9. The lowest BCUT2D eigenvalue weighted by molar-refractivity contribution is -0.121. The Balaban J connectivity index is 1.54. The third-order valence-electron chi connectivity index (χ3n) is 5.24. The summed E-state index contributed by atoms with van der Waals surface area (Å²) in [5.74, 6) is -0.450. The molecule has 3 aromatic carbocycles. The van der Waals surface area contributed by atoms with Crippen LogP contribution in [-0.4, -0.2) is 34.1 Å². The van der Waals surface area contributed by atoms with Crippen LogP contribution >= 0.6 is 11.8 Å². The Hall–Kier alpha value is -3.84. The van der Waals surface area contributed by atoms with Gasteiger partial charge in [-0.1, -0.05) is 36.4 Å². The molecule has 172 valence electrons. The number of thioether (sulfide) groups is 1. The summed E-state index contributed by atoms with van der Waals surface area (Å²) in [6.45, 7) is 4.33. The Morgan fingerprint density at radius 3 is 2.41 bits per heavy atom. The fourth-order valence-electron chi connectivity index (χ4n) is 3.55. The van der Waals surface area contributed by atoms with E-state index in [2.05, 4.69) is 6.07 Å². The van der Waals surface area contributed by atoms with E-state index >= 15 is 0 Å². The molecule has 34 heavy (non-hydrogen) atoms. The molecule has 7 heteroatoms. The van der Waals surface area contributed by atoms with Crippen molar-refractivity contribution in [2.75, 3.05) is 7.05 Å². The lowest BCUT2D eigenvalue weighted by Gasteiger charge is -2.10. The maximum atomic E-state index is 12.9. The normalized spacial score (nSPS) is 15.9. The lowest BCUT2D eigenvalue weighted by atomic mass is 10.1. The number of likely N-dealkylation sites (N-methyl/N-ethyl adjacent to an activating group) is 1. The minimum Gasteiger partial charge on any atom is -0.488 e. The first-order chi connectivity index (χ1) is 16.3. The first-order valence-corrected chi connectivity index (χ1v) is 11.5. The summed E-state index contributed by atoms with van der Waals surface area (Å²) in [7, 11) is 1.72. The van der Waals surface area contributed by atoms with Gasteiger partial charge in [0.1, 0.15) is 12.4 Å². The highest BCUT2D eigenvalue weighted by Gasteiger charge is 2.30. The first kappa shape index (κ1) is 23.3. The van der Waals surface area contributed by atoms with E-state index in [-0.39, 0.29) is 18.1 Å².